The molecule has 0 amide bonds. The van der Waals surface area contributed by atoms with Crippen LogP contribution in [0.4, 0.5) is 0 Å². The second kappa shape index (κ2) is 5.64. The maximum Gasteiger partial charge on any atom is 0.123 e. The SMILES string of the molecule is C#CC(/C=C\CC=O)=C/N. The Balaban J connectivity index is 3.89. The van der Waals surface area contributed by atoms with Gasteiger partial charge in [0.1, 0.15) is 6.29 Å². The highest BCUT2D eigenvalue weighted by Gasteiger charge is 1.79. The van der Waals surface area contributed by atoms with Crippen LogP contribution in [0.2, 0.25) is 0 Å². The molecule has 52 valence electrons. The fourth-order valence-corrected chi connectivity index (χ4v) is 0.402. The summed E-state index contributed by atoms with van der Waals surface area (Å²) in [5.74, 6) is 2.34. The zero-order chi connectivity index (χ0) is 7.82. The monoisotopic (exact) mass is 135 g/mol. The Morgan fingerprint density at radius 3 is 2.80 bits per heavy atom. The summed E-state index contributed by atoms with van der Waals surface area (Å²) < 4.78 is 0. The molecule has 0 aliphatic carbocycles. The van der Waals surface area contributed by atoms with Crippen molar-refractivity contribution >= 4 is 6.29 Å². The lowest BCUT2D eigenvalue weighted by atomic mass is 10.2. The van der Waals surface area contributed by atoms with Gasteiger partial charge in [-0.15, -0.1) is 6.42 Å². The van der Waals surface area contributed by atoms with Crippen molar-refractivity contribution in [1.29, 1.82) is 0 Å². The van der Waals surface area contributed by atoms with Gasteiger partial charge in [-0.2, -0.15) is 0 Å². The summed E-state index contributed by atoms with van der Waals surface area (Å²) in [6, 6.07) is 0. The van der Waals surface area contributed by atoms with Crippen LogP contribution in [0, 0.1) is 12.3 Å². The molecule has 0 heterocycles. The minimum Gasteiger partial charge on any atom is -0.404 e. The second-order valence-corrected chi connectivity index (χ2v) is 1.57. The summed E-state index contributed by atoms with van der Waals surface area (Å²) in [6.45, 7) is 0. The summed E-state index contributed by atoms with van der Waals surface area (Å²) in [4.78, 5) is 9.81. The molecule has 2 heteroatoms. The number of carbonyl (C=O) groups excluding carboxylic acids is 1. The van der Waals surface area contributed by atoms with Gasteiger partial charge in [-0.25, -0.2) is 0 Å². The molecule has 0 spiro atoms. The van der Waals surface area contributed by atoms with Gasteiger partial charge >= 0.3 is 0 Å². The highest BCUT2D eigenvalue weighted by Crippen LogP contribution is 1.91. The second-order valence-electron chi connectivity index (χ2n) is 1.57. The fraction of sp³-hybridized carbons (Fsp3) is 0.125. The lowest BCUT2D eigenvalue weighted by Gasteiger charge is -1.83. The minimum atomic E-state index is 0.374. The number of allylic oxidation sites excluding steroid dienone is 3. The molecule has 0 aliphatic heterocycles. The first-order valence-corrected chi connectivity index (χ1v) is 2.83. The molecule has 0 saturated carbocycles. The molecule has 0 fully saturated rings. The summed E-state index contributed by atoms with van der Waals surface area (Å²) in [5.41, 5.74) is 5.71. The van der Waals surface area contributed by atoms with Crippen LogP contribution < -0.4 is 5.73 Å². The minimum absolute atomic E-state index is 0.374. The average Bonchev–Trinajstić information content (AvgIpc) is 1.99. The zero-order valence-corrected chi connectivity index (χ0v) is 5.58. The Morgan fingerprint density at radius 2 is 2.40 bits per heavy atom. The largest absolute Gasteiger partial charge is 0.404 e. The molecule has 2 nitrogen and oxygen atoms in total. The highest BCUT2D eigenvalue weighted by atomic mass is 16.1. The van der Waals surface area contributed by atoms with Crippen molar-refractivity contribution in [2.75, 3.05) is 0 Å². The molecule has 0 unspecified atom stereocenters. The molecule has 0 saturated heterocycles. The van der Waals surface area contributed by atoms with Gasteiger partial charge in [0.25, 0.3) is 0 Å². The first kappa shape index (κ1) is 8.51. The fourth-order valence-electron chi connectivity index (χ4n) is 0.402. The van der Waals surface area contributed by atoms with Crippen molar-refractivity contribution in [3.05, 3.63) is 23.9 Å². The molecule has 0 rings (SSSR count). The van der Waals surface area contributed by atoms with Gasteiger partial charge in [0, 0.05) is 18.2 Å². The van der Waals surface area contributed by atoms with E-state index in [4.69, 9.17) is 12.2 Å². The van der Waals surface area contributed by atoms with Crippen LogP contribution in [-0.4, -0.2) is 6.29 Å². The molecule has 2 N–H and O–H groups in total. The zero-order valence-electron chi connectivity index (χ0n) is 5.58. The molecule has 0 aromatic rings. The van der Waals surface area contributed by atoms with Crippen molar-refractivity contribution in [1.82, 2.24) is 0 Å². The standard InChI is InChI=1S/C8H9NO/c1-2-8(7-9)5-3-4-6-10/h1,3,5-7H,4,9H2/b5-3-,8-7-. The predicted molar refractivity (Wildman–Crippen MR) is 40.9 cm³/mol. The average molecular weight is 135 g/mol. The van der Waals surface area contributed by atoms with E-state index in [1.54, 1.807) is 12.2 Å². The van der Waals surface area contributed by atoms with Gasteiger partial charge in [0.05, 0.1) is 0 Å². The smallest absolute Gasteiger partial charge is 0.123 e. The Kier molecular flexibility index (Phi) is 4.80. The molecular formula is C8H9NO. The number of aldehydes is 1. The third-order valence-corrected chi connectivity index (χ3v) is 0.876. The molecule has 0 aromatic heterocycles. The first-order chi connectivity index (χ1) is 4.85. The Morgan fingerprint density at radius 1 is 1.70 bits per heavy atom. The van der Waals surface area contributed by atoms with Crippen molar-refractivity contribution < 1.29 is 4.79 Å². The van der Waals surface area contributed by atoms with E-state index in [9.17, 15) is 4.79 Å². The summed E-state index contributed by atoms with van der Waals surface area (Å²) in [5, 5.41) is 0. The normalized spacial score (nSPS) is 11.3. The molecule has 0 bridgehead atoms. The molecule has 0 atom stereocenters. The van der Waals surface area contributed by atoms with Crippen molar-refractivity contribution in [3.8, 4) is 12.3 Å². The van der Waals surface area contributed by atoms with E-state index in [2.05, 4.69) is 5.92 Å². The van der Waals surface area contributed by atoms with Crippen LogP contribution in [-0.2, 0) is 4.79 Å². The highest BCUT2D eigenvalue weighted by molar-refractivity contribution is 5.52. The topological polar surface area (TPSA) is 43.1 Å². The molecule has 0 aromatic carbocycles. The van der Waals surface area contributed by atoms with Crippen molar-refractivity contribution in [2.45, 2.75) is 6.42 Å². The number of rotatable bonds is 3. The number of nitrogens with two attached hydrogens (primary N) is 1. The Labute approximate surface area is 60.4 Å². The molecule has 10 heavy (non-hydrogen) atoms. The number of hydrogen-bond donors (Lipinski definition) is 1. The molecule has 0 radical (unpaired) electrons. The summed E-state index contributed by atoms with van der Waals surface area (Å²) in [6.07, 6.45) is 10.8. The number of terminal acetylenes is 1. The van der Waals surface area contributed by atoms with Crippen LogP contribution in [0.3, 0.4) is 0 Å². The van der Waals surface area contributed by atoms with E-state index in [0.717, 1.165) is 6.29 Å². The van der Waals surface area contributed by atoms with Crippen molar-refractivity contribution in [2.24, 2.45) is 5.73 Å². The van der Waals surface area contributed by atoms with Crippen LogP contribution in [0.5, 0.6) is 0 Å². The van der Waals surface area contributed by atoms with Gasteiger partial charge in [-0.1, -0.05) is 12.0 Å². The van der Waals surface area contributed by atoms with Gasteiger partial charge in [0.15, 0.2) is 0 Å². The van der Waals surface area contributed by atoms with Gasteiger partial charge in [-0.05, 0) is 6.08 Å². The summed E-state index contributed by atoms with van der Waals surface area (Å²) in [7, 11) is 0. The Hall–Kier alpha value is -1.49. The molecular weight excluding hydrogens is 126 g/mol. The maximum absolute atomic E-state index is 9.81. The van der Waals surface area contributed by atoms with Crippen molar-refractivity contribution in [3.63, 3.8) is 0 Å². The van der Waals surface area contributed by atoms with Crippen LogP contribution in [0.15, 0.2) is 23.9 Å². The van der Waals surface area contributed by atoms with Crippen LogP contribution >= 0.6 is 0 Å². The predicted octanol–water partition coefficient (Wildman–Crippen LogP) is 0.607. The number of carbonyl (C=O) groups is 1. The maximum atomic E-state index is 9.81. The lowest BCUT2D eigenvalue weighted by Crippen LogP contribution is -1.81. The Bertz CT molecular complexity index is 196. The van der Waals surface area contributed by atoms with E-state index >= 15 is 0 Å². The quantitative estimate of drug-likeness (QED) is 0.350. The van der Waals surface area contributed by atoms with E-state index in [1.165, 1.54) is 6.20 Å². The van der Waals surface area contributed by atoms with Gasteiger partial charge < -0.3 is 10.5 Å². The molecule has 0 aliphatic rings. The van der Waals surface area contributed by atoms with Gasteiger partial charge in [0.2, 0.25) is 0 Å². The number of hydrogen-bond acceptors (Lipinski definition) is 2. The van der Waals surface area contributed by atoms with Gasteiger partial charge in [-0.3, -0.25) is 0 Å². The van der Waals surface area contributed by atoms with Crippen LogP contribution in [0.25, 0.3) is 0 Å². The third kappa shape index (κ3) is 3.50. The first-order valence-electron chi connectivity index (χ1n) is 2.83. The lowest BCUT2D eigenvalue weighted by molar-refractivity contribution is -0.107. The third-order valence-electron chi connectivity index (χ3n) is 0.876. The van der Waals surface area contributed by atoms with E-state index in [0.29, 0.717) is 12.0 Å². The summed E-state index contributed by atoms with van der Waals surface area (Å²) >= 11 is 0. The van der Waals surface area contributed by atoms with E-state index in [-0.39, 0.29) is 0 Å². The van der Waals surface area contributed by atoms with Crippen LogP contribution in [0.1, 0.15) is 6.42 Å². The van der Waals surface area contributed by atoms with E-state index < -0.39 is 0 Å². The van der Waals surface area contributed by atoms with E-state index in [1.807, 2.05) is 0 Å².